The summed E-state index contributed by atoms with van der Waals surface area (Å²) in [5.74, 6) is 0. The highest BCUT2D eigenvalue weighted by atomic mass is 16.5. The molecule has 0 aliphatic heterocycles. The second kappa shape index (κ2) is 6.92. The number of nitrogens with zero attached hydrogens (tertiary/aromatic N) is 1. The number of nitrogens with one attached hydrogen (secondary N) is 1. The molecule has 0 unspecified atom stereocenters. The van der Waals surface area contributed by atoms with Crippen molar-refractivity contribution < 1.29 is 9.84 Å². The van der Waals surface area contributed by atoms with Crippen LogP contribution in [-0.2, 0) is 11.3 Å². The summed E-state index contributed by atoms with van der Waals surface area (Å²) in [6.07, 6.45) is -0.434. The number of para-hydroxylation sites is 2. The molecule has 2 aromatic carbocycles. The molecule has 4 heteroatoms. The SMILES string of the molecule is COCCNC[C@@H](O)Cn1c2ccccc2c2ccccc21. The van der Waals surface area contributed by atoms with E-state index in [9.17, 15) is 5.11 Å². The molecule has 2 N–H and O–H groups in total. The first-order valence-electron chi connectivity index (χ1n) is 7.65. The first-order chi connectivity index (χ1) is 10.8. The van der Waals surface area contributed by atoms with Crippen molar-refractivity contribution in [3.8, 4) is 0 Å². The monoisotopic (exact) mass is 298 g/mol. The number of fused-ring (bicyclic) bond motifs is 3. The van der Waals surface area contributed by atoms with Crippen molar-refractivity contribution in [2.75, 3.05) is 26.8 Å². The van der Waals surface area contributed by atoms with Crippen molar-refractivity contribution in [3.05, 3.63) is 48.5 Å². The number of aromatic nitrogens is 1. The van der Waals surface area contributed by atoms with Gasteiger partial charge in [0.15, 0.2) is 0 Å². The Labute approximate surface area is 130 Å². The molecule has 1 atom stereocenters. The van der Waals surface area contributed by atoms with Gasteiger partial charge >= 0.3 is 0 Å². The Morgan fingerprint density at radius 3 is 2.23 bits per heavy atom. The third-order valence-electron chi connectivity index (χ3n) is 3.94. The fraction of sp³-hybridized carbons (Fsp3) is 0.333. The highest BCUT2D eigenvalue weighted by molar-refractivity contribution is 6.07. The quantitative estimate of drug-likeness (QED) is 0.658. The molecule has 1 aromatic heterocycles. The standard InChI is InChI=1S/C18H22N2O2/c1-22-11-10-19-12-14(21)13-20-17-8-4-2-6-15(17)16-7-3-5-9-18(16)20/h2-9,14,19,21H,10-13H2,1H3/t14-/m1/s1. The fourth-order valence-corrected chi connectivity index (χ4v) is 2.92. The van der Waals surface area contributed by atoms with E-state index in [0.717, 1.165) is 6.54 Å². The lowest BCUT2D eigenvalue weighted by Crippen LogP contribution is -2.32. The maximum Gasteiger partial charge on any atom is 0.0843 e. The number of benzene rings is 2. The van der Waals surface area contributed by atoms with Crippen LogP contribution in [-0.4, -0.2) is 42.6 Å². The zero-order valence-corrected chi connectivity index (χ0v) is 12.8. The van der Waals surface area contributed by atoms with E-state index in [1.165, 1.54) is 21.8 Å². The Kier molecular flexibility index (Phi) is 4.73. The van der Waals surface area contributed by atoms with Gasteiger partial charge in [-0.2, -0.15) is 0 Å². The molecule has 0 radical (unpaired) electrons. The molecule has 0 fully saturated rings. The van der Waals surface area contributed by atoms with Crippen LogP contribution in [0.15, 0.2) is 48.5 Å². The lowest BCUT2D eigenvalue weighted by molar-refractivity contribution is 0.146. The Morgan fingerprint density at radius 2 is 1.64 bits per heavy atom. The number of methoxy groups -OCH3 is 1. The van der Waals surface area contributed by atoms with Crippen LogP contribution in [0.1, 0.15) is 0 Å². The molecule has 0 aliphatic carbocycles. The van der Waals surface area contributed by atoms with Crippen LogP contribution in [0.3, 0.4) is 0 Å². The van der Waals surface area contributed by atoms with Gasteiger partial charge in [0, 0.05) is 42.0 Å². The highest BCUT2D eigenvalue weighted by Crippen LogP contribution is 2.28. The van der Waals surface area contributed by atoms with Gasteiger partial charge in [-0.25, -0.2) is 0 Å². The molecular weight excluding hydrogens is 276 g/mol. The zero-order valence-electron chi connectivity index (χ0n) is 12.8. The van der Waals surface area contributed by atoms with Gasteiger partial charge in [0.2, 0.25) is 0 Å². The Balaban J connectivity index is 1.85. The molecule has 0 saturated heterocycles. The van der Waals surface area contributed by atoms with E-state index in [4.69, 9.17) is 4.74 Å². The topological polar surface area (TPSA) is 46.4 Å². The number of aliphatic hydroxyl groups excluding tert-OH is 1. The predicted molar refractivity (Wildman–Crippen MR) is 90.2 cm³/mol. The van der Waals surface area contributed by atoms with E-state index in [1.54, 1.807) is 7.11 Å². The van der Waals surface area contributed by atoms with Crippen LogP contribution in [0.5, 0.6) is 0 Å². The lowest BCUT2D eigenvalue weighted by atomic mass is 10.2. The largest absolute Gasteiger partial charge is 0.390 e. The molecule has 3 rings (SSSR count). The third-order valence-corrected chi connectivity index (χ3v) is 3.94. The van der Waals surface area contributed by atoms with Gasteiger partial charge in [0.05, 0.1) is 19.3 Å². The zero-order chi connectivity index (χ0) is 15.4. The lowest BCUT2D eigenvalue weighted by Gasteiger charge is -2.14. The summed E-state index contributed by atoms with van der Waals surface area (Å²) >= 11 is 0. The summed E-state index contributed by atoms with van der Waals surface area (Å²) in [5.41, 5.74) is 2.33. The molecule has 116 valence electrons. The third kappa shape index (κ3) is 2.99. The van der Waals surface area contributed by atoms with E-state index in [0.29, 0.717) is 19.7 Å². The van der Waals surface area contributed by atoms with Crippen LogP contribution in [0, 0.1) is 0 Å². The van der Waals surface area contributed by atoms with Crippen molar-refractivity contribution >= 4 is 21.8 Å². The first kappa shape index (κ1) is 15.0. The summed E-state index contributed by atoms with van der Waals surface area (Å²) in [7, 11) is 1.68. The van der Waals surface area contributed by atoms with Crippen molar-refractivity contribution in [1.29, 1.82) is 0 Å². The molecule has 0 bridgehead atoms. The summed E-state index contributed by atoms with van der Waals surface area (Å²) in [6.45, 7) is 2.54. The minimum absolute atomic E-state index is 0.434. The van der Waals surface area contributed by atoms with Crippen LogP contribution in [0.4, 0.5) is 0 Å². The summed E-state index contributed by atoms with van der Waals surface area (Å²) in [5, 5.41) is 16.0. The maximum atomic E-state index is 10.3. The second-order valence-electron chi connectivity index (χ2n) is 5.50. The average Bonchev–Trinajstić information content (AvgIpc) is 2.87. The molecule has 22 heavy (non-hydrogen) atoms. The van der Waals surface area contributed by atoms with Gasteiger partial charge in [0.1, 0.15) is 0 Å². The molecule has 0 saturated carbocycles. The van der Waals surface area contributed by atoms with E-state index < -0.39 is 6.10 Å². The Bertz CT molecular complexity index is 698. The maximum absolute atomic E-state index is 10.3. The van der Waals surface area contributed by atoms with Crippen molar-refractivity contribution in [3.63, 3.8) is 0 Å². The molecule has 0 aliphatic rings. The minimum atomic E-state index is -0.434. The van der Waals surface area contributed by atoms with Crippen molar-refractivity contribution in [2.45, 2.75) is 12.6 Å². The van der Waals surface area contributed by atoms with Crippen molar-refractivity contribution in [1.82, 2.24) is 9.88 Å². The van der Waals surface area contributed by atoms with Gasteiger partial charge < -0.3 is 19.7 Å². The number of hydrogen-bond donors (Lipinski definition) is 2. The summed E-state index contributed by atoms with van der Waals surface area (Å²) in [4.78, 5) is 0. The van der Waals surface area contributed by atoms with Gasteiger partial charge in [0.25, 0.3) is 0 Å². The van der Waals surface area contributed by atoms with Gasteiger partial charge in [-0.3, -0.25) is 0 Å². The molecule has 0 spiro atoms. The number of hydrogen-bond acceptors (Lipinski definition) is 3. The van der Waals surface area contributed by atoms with E-state index in [2.05, 4.69) is 46.3 Å². The normalized spacial score (nSPS) is 13.0. The number of ether oxygens (including phenoxy) is 1. The van der Waals surface area contributed by atoms with Crippen LogP contribution in [0.2, 0.25) is 0 Å². The number of rotatable bonds is 7. The van der Waals surface area contributed by atoms with Crippen LogP contribution < -0.4 is 5.32 Å². The first-order valence-corrected chi connectivity index (χ1v) is 7.65. The smallest absolute Gasteiger partial charge is 0.0843 e. The second-order valence-corrected chi connectivity index (χ2v) is 5.50. The molecule has 3 aromatic rings. The highest BCUT2D eigenvalue weighted by Gasteiger charge is 2.12. The number of aliphatic hydroxyl groups is 1. The molecule has 0 amide bonds. The van der Waals surface area contributed by atoms with Gasteiger partial charge in [-0.1, -0.05) is 36.4 Å². The molecule has 1 heterocycles. The minimum Gasteiger partial charge on any atom is -0.390 e. The fourth-order valence-electron chi connectivity index (χ4n) is 2.92. The Hall–Kier alpha value is -1.88. The van der Waals surface area contributed by atoms with Gasteiger partial charge in [-0.15, -0.1) is 0 Å². The molecular formula is C18H22N2O2. The van der Waals surface area contributed by atoms with E-state index >= 15 is 0 Å². The predicted octanol–water partition coefficient (Wildman–Crippen LogP) is 2.39. The van der Waals surface area contributed by atoms with Crippen LogP contribution in [0.25, 0.3) is 21.8 Å². The van der Waals surface area contributed by atoms with Crippen molar-refractivity contribution in [2.24, 2.45) is 0 Å². The van der Waals surface area contributed by atoms with E-state index in [-0.39, 0.29) is 0 Å². The average molecular weight is 298 g/mol. The van der Waals surface area contributed by atoms with E-state index in [1.807, 2.05) is 12.1 Å². The Morgan fingerprint density at radius 1 is 1.05 bits per heavy atom. The summed E-state index contributed by atoms with van der Waals surface area (Å²) in [6, 6.07) is 16.7. The summed E-state index contributed by atoms with van der Waals surface area (Å²) < 4.78 is 7.20. The van der Waals surface area contributed by atoms with Gasteiger partial charge in [-0.05, 0) is 12.1 Å². The van der Waals surface area contributed by atoms with Crippen LogP contribution >= 0.6 is 0 Å². The molecule has 4 nitrogen and oxygen atoms in total.